The normalized spacial score (nSPS) is 11.3. The fraction of sp³-hybridized carbons (Fsp3) is 0.0667. The van der Waals surface area contributed by atoms with E-state index in [1.54, 1.807) is 0 Å². The minimum Gasteiger partial charge on any atom is -0.432 e. The van der Waals surface area contributed by atoms with Crippen LogP contribution in [0.1, 0.15) is 16.1 Å². The first-order chi connectivity index (χ1) is 11.4. The first kappa shape index (κ1) is 15.7. The van der Waals surface area contributed by atoms with Gasteiger partial charge in [0.05, 0.1) is 11.8 Å². The maximum atomic E-state index is 12.8. The number of halogens is 3. The maximum absolute atomic E-state index is 12.8. The zero-order valence-electron chi connectivity index (χ0n) is 11.9. The Balaban J connectivity index is 1.89. The van der Waals surface area contributed by atoms with Gasteiger partial charge in [-0.25, -0.2) is 15.0 Å². The molecule has 1 amide bonds. The van der Waals surface area contributed by atoms with E-state index in [9.17, 15) is 18.0 Å². The lowest BCUT2D eigenvalue weighted by atomic mass is 10.1. The third kappa shape index (κ3) is 3.40. The third-order valence-electron chi connectivity index (χ3n) is 2.99. The van der Waals surface area contributed by atoms with Crippen LogP contribution in [0.25, 0.3) is 11.4 Å². The van der Waals surface area contributed by atoms with E-state index >= 15 is 0 Å². The lowest BCUT2D eigenvalue weighted by Gasteiger charge is -2.08. The van der Waals surface area contributed by atoms with Crippen molar-refractivity contribution in [2.45, 2.75) is 6.18 Å². The number of amides is 1. The van der Waals surface area contributed by atoms with Gasteiger partial charge >= 0.3 is 12.2 Å². The molecule has 122 valence electrons. The Morgan fingerprint density at radius 2 is 1.96 bits per heavy atom. The number of nitrogens with zero attached hydrogens (tertiary/aromatic N) is 3. The molecule has 3 rings (SSSR count). The van der Waals surface area contributed by atoms with Crippen LogP contribution in [-0.2, 0) is 6.18 Å². The van der Waals surface area contributed by atoms with Gasteiger partial charge in [-0.1, -0.05) is 12.1 Å². The van der Waals surface area contributed by atoms with Crippen LogP contribution in [0.2, 0.25) is 0 Å². The molecule has 0 unspecified atom stereocenters. The lowest BCUT2D eigenvalue weighted by Crippen LogP contribution is -2.14. The van der Waals surface area contributed by atoms with Crippen LogP contribution in [0.4, 0.5) is 19.2 Å². The Labute approximate surface area is 133 Å². The second kappa shape index (κ2) is 6.11. The molecule has 0 spiro atoms. The van der Waals surface area contributed by atoms with Crippen molar-refractivity contribution in [1.82, 2.24) is 15.0 Å². The molecule has 0 atom stereocenters. The molecule has 6 nitrogen and oxygen atoms in total. The summed E-state index contributed by atoms with van der Waals surface area (Å²) < 4.78 is 43.2. The Morgan fingerprint density at radius 3 is 2.67 bits per heavy atom. The van der Waals surface area contributed by atoms with Gasteiger partial charge in [0.2, 0.25) is 0 Å². The number of hydrogen-bond acceptors (Lipinski definition) is 5. The van der Waals surface area contributed by atoms with Crippen LogP contribution in [0, 0.1) is 0 Å². The first-order valence-electron chi connectivity index (χ1n) is 6.65. The van der Waals surface area contributed by atoms with Crippen molar-refractivity contribution in [3.8, 4) is 11.4 Å². The molecule has 2 aromatic heterocycles. The summed E-state index contributed by atoms with van der Waals surface area (Å²) in [6.07, 6.45) is -0.559. The number of carbonyl (C=O) groups is 1. The van der Waals surface area contributed by atoms with E-state index in [-0.39, 0.29) is 23.1 Å². The van der Waals surface area contributed by atoms with Crippen LogP contribution in [-0.4, -0.2) is 20.9 Å². The highest BCUT2D eigenvalue weighted by Crippen LogP contribution is 2.31. The van der Waals surface area contributed by atoms with E-state index in [0.29, 0.717) is 0 Å². The maximum Gasteiger partial charge on any atom is 0.416 e. The number of aromatic nitrogens is 3. The number of oxazole rings is 1. The molecule has 1 aromatic carbocycles. The van der Waals surface area contributed by atoms with Gasteiger partial charge in [0.25, 0.3) is 5.91 Å². The average Bonchev–Trinajstić information content (AvgIpc) is 3.07. The molecule has 1 N–H and O–H groups in total. The van der Waals surface area contributed by atoms with Gasteiger partial charge < -0.3 is 4.42 Å². The second-order valence-electron chi connectivity index (χ2n) is 4.64. The fourth-order valence-corrected chi connectivity index (χ4v) is 1.91. The Hall–Kier alpha value is -3.23. The Morgan fingerprint density at radius 1 is 1.12 bits per heavy atom. The smallest absolute Gasteiger partial charge is 0.416 e. The molecule has 24 heavy (non-hydrogen) atoms. The Bertz CT molecular complexity index is 863. The van der Waals surface area contributed by atoms with Crippen LogP contribution >= 0.6 is 0 Å². The zero-order chi connectivity index (χ0) is 17.2. The van der Waals surface area contributed by atoms with Crippen LogP contribution in [0.3, 0.4) is 0 Å². The van der Waals surface area contributed by atoms with Crippen molar-refractivity contribution in [2.24, 2.45) is 0 Å². The standard InChI is InChI=1S/C15H9F3N4O2/c16-15(17,18)10-3-1-2-9(8-10)12-19-5-4-11(21-12)13(23)22-14-20-6-7-24-14/h1-8H,(H,20,22,23). The van der Waals surface area contributed by atoms with E-state index in [0.717, 1.165) is 12.1 Å². The van der Waals surface area contributed by atoms with Gasteiger partial charge in [-0.3, -0.25) is 10.1 Å². The van der Waals surface area contributed by atoms with Crippen molar-refractivity contribution in [2.75, 3.05) is 5.32 Å². The highest BCUT2D eigenvalue weighted by molar-refractivity contribution is 6.01. The minimum atomic E-state index is -4.48. The number of rotatable bonds is 3. The number of anilines is 1. The average molecular weight is 334 g/mol. The fourth-order valence-electron chi connectivity index (χ4n) is 1.91. The molecule has 0 aliphatic carbocycles. The highest BCUT2D eigenvalue weighted by Gasteiger charge is 2.30. The summed E-state index contributed by atoms with van der Waals surface area (Å²) in [5, 5.41) is 2.37. The van der Waals surface area contributed by atoms with Gasteiger partial charge in [-0.2, -0.15) is 13.2 Å². The predicted octanol–water partition coefficient (Wildman–Crippen LogP) is 3.40. The van der Waals surface area contributed by atoms with Gasteiger partial charge in [0.15, 0.2) is 5.82 Å². The zero-order valence-corrected chi connectivity index (χ0v) is 11.9. The van der Waals surface area contributed by atoms with E-state index in [1.807, 2.05) is 0 Å². The summed E-state index contributed by atoms with van der Waals surface area (Å²) >= 11 is 0. The van der Waals surface area contributed by atoms with Gasteiger partial charge in [0.1, 0.15) is 12.0 Å². The molecule has 0 radical (unpaired) electrons. The molecule has 0 saturated heterocycles. The predicted molar refractivity (Wildman–Crippen MR) is 76.9 cm³/mol. The van der Waals surface area contributed by atoms with Crippen LogP contribution in [0.5, 0.6) is 0 Å². The molecule has 0 bridgehead atoms. The molecule has 9 heteroatoms. The van der Waals surface area contributed by atoms with Crippen molar-refractivity contribution in [3.63, 3.8) is 0 Å². The Kier molecular flexibility index (Phi) is 3.98. The number of benzene rings is 1. The van der Waals surface area contributed by atoms with Gasteiger partial charge in [0, 0.05) is 11.8 Å². The number of alkyl halides is 3. The quantitative estimate of drug-likeness (QED) is 0.794. The van der Waals surface area contributed by atoms with Crippen molar-refractivity contribution < 1.29 is 22.4 Å². The summed E-state index contributed by atoms with van der Waals surface area (Å²) in [5.74, 6) is -0.616. The van der Waals surface area contributed by atoms with E-state index in [2.05, 4.69) is 20.3 Å². The van der Waals surface area contributed by atoms with Crippen LogP contribution < -0.4 is 5.32 Å². The monoisotopic (exact) mass is 334 g/mol. The highest BCUT2D eigenvalue weighted by atomic mass is 19.4. The summed E-state index contributed by atoms with van der Waals surface area (Å²) in [6, 6.07) is 5.86. The summed E-state index contributed by atoms with van der Waals surface area (Å²) in [4.78, 5) is 23.7. The third-order valence-corrected chi connectivity index (χ3v) is 2.99. The minimum absolute atomic E-state index is 0.00107. The molecule has 0 saturated carbocycles. The molecular weight excluding hydrogens is 325 g/mol. The molecular formula is C15H9F3N4O2. The number of hydrogen-bond donors (Lipinski definition) is 1. The summed E-state index contributed by atoms with van der Waals surface area (Å²) in [7, 11) is 0. The summed E-state index contributed by atoms with van der Waals surface area (Å²) in [5.41, 5.74) is -0.704. The van der Waals surface area contributed by atoms with Crippen molar-refractivity contribution in [3.05, 3.63) is 60.2 Å². The topological polar surface area (TPSA) is 80.9 Å². The lowest BCUT2D eigenvalue weighted by molar-refractivity contribution is -0.137. The summed E-state index contributed by atoms with van der Waals surface area (Å²) in [6.45, 7) is 0. The SMILES string of the molecule is O=C(Nc1ncco1)c1ccnc(-c2cccc(C(F)(F)F)c2)n1. The van der Waals surface area contributed by atoms with E-state index in [1.165, 1.54) is 36.9 Å². The van der Waals surface area contributed by atoms with Gasteiger partial charge in [-0.05, 0) is 18.2 Å². The van der Waals surface area contributed by atoms with Crippen molar-refractivity contribution >= 4 is 11.9 Å². The van der Waals surface area contributed by atoms with Crippen LogP contribution in [0.15, 0.2) is 53.4 Å². The number of nitrogens with one attached hydrogen (secondary N) is 1. The van der Waals surface area contributed by atoms with Gasteiger partial charge in [-0.15, -0.1) is 0 Å². The molecule has 0 aliphatic rings. The number of carbonyl (C=O) groups excluding carboxylic acids is 1. The molecule has 2 heterocycles. The molecule has 0 aliphatic heterocycles. The largest absolute Gasteiger partial charge is 0.432 e. The molecule has 3 aromatic rings. The van der Waals surface area contributed by atoms with E-state index in [4.69, 9.17) is 4.42 Å². The van der Waals surface area contributed by atoms with Crippen molar-refractivity contribution in [1.29, 1.82) is 0 Å². The first-order valence-corrected chi connectivity index (χ1v) is 6.65. The second-order valence-corrected chi connectivity index (χ2v) is 4.64. The van der Waals surface area contributed by atoms with E-state index < -0.39 is 17.6 Å². The molecule has 0 fully saturated rings.